The van der Waals surface area contributed by atoms with Crippen molar-refractivity contribution in [1.82, 2.24) is 4.90 Å². The highest BCUT2D eigenvalue weighted by molar-refractivity contribution is 9.10. The SMILES string of the molecule is C=CCN(Cc1ccc(OC)c(Br)c1)Cc1cccs1. The van der Waals surface area contributed by atoms with Crippen LogP contribution in [0.4, 0.5) is 0 Å². The molecule has 0 unspecified atom stereocenters. The van der Waals surface area contributed by atoms with Crippen LogP contribution in [0, 0.1) is 0 Å². The van der Waals surface area contributed by atoms with Crippen molar-refractivity contribution in [2.24, 2.45) is 0 Å². The average Bonchev–Trinajstić information content (AvgIpc) is 2.92. The van der Waals surface area contributed by atoms with Gasteiger partial charge in [0.15, 0.2) is 0 Å². The molecule has 1 aromatic heterocycles. The summed E-state index contributed by atoms with van der Waals surface area (Å²) >= 11 is 5.33. The van der Waals surface area contributed by atoms with Gasteiger partial charge in [-0.1, -0.05) is 18.2 Å². The third kappa shape index (κ3) is 4.20. The van der Waals surface area contributed by atoms with Crippen LogP contribution in [0.25, 0.3) is 0 Å². The second-order valence-electron chi connectivity index (χ2n) is 4.51. The predicted octanol–water partition coefficient (Wildman–Crippen LogP) is 4.71. The molecular formula is C16H18BrNOS. The highest BCUT2D eigenvalue weighted by Gasteiger charge is 2.08. The molecule has 0 fully saturated rings. The van der Waals surface area contributed by atoms with E-state index in [2.05, 4.69) is 57.1 Å². The largest absolute Gasteiger partial charge is 0.496 e. The zero-order chi connectivity index (χ0) is 14.4. The number of hydrogen-bond donors (Lipinski definition) is 0. The van der Waals surface area contributed by atoms with E-state index in [1.54, 1.807) is 18.4 Å². The quantitative estimate of drug-likeness (QED) is 0.670. The van der Waals surface area contributed by atoms with Crippen molar-refractivity contribution in [3.8, 4) is 5.75 Å². The van der Waals surface area contributed by atoms with E-state index in [4.69, 9.17) is 4.74 Å². The lowest BCUT2D eigenvalue weighted by atomic mass is 10.2. The third-order valence-corrected chi connectivity index (χ3v) is 4.45. The van der Waals surface area contributed by atoms with Crippen molar-refractivity contribution >= 4 is 27.3 Å². The maximum Gasteiger partial charge on any atom is 0.133 e. The normalized spacial score (nSPS) is 10.8. The van der Waals surface area contributed by atoms with Crippen LogP contribution < -0.4 is 4.74 Å². The summed E-state index contributed by atoms with van der Waals surface area (Å²) in [5.41, 5.74) is 1.26. The molecule has 0 spiro atoms. The van der Waals surface area contributed by atoms with E-state index in [-0.39, 0.29) is 0 Å². The molecule has 0 radical (unpaired) electrons. The third-order valence-electron chi connectivity index (χ3n) is 2.97. The van der Waals surface area contributed by atoms with E-state index in [1.165, 1.54) is 10.4 Å². The van der Waals surface area contributed by atoms with Crippen molar-refractivity contribution in [3.05, 3.63) is 63.3 Å². The van der Waals surface area contributed by atoms with Crippen LogP contribution in [0.5, 0.6) is 5.75 Å². The molecule has 4 heteroatoms. The number of rotatable bonds is 7. The molecule has 1 heterocycles. The van der Waals surface area contributed by atoms with Crippen molar-refractivity contribution in [2.75, 3.05) is 13.7 Å². The van der Waals surface area contributed by atoms with Gasteiger partial charge in [0.2, 0.25) is 0 Å². The Morgan fingerprint density at radius 1 is 1.35 bits per heavy atom. The van der Waals surface area contributed by atoms with E-state index in [0.717, 1.165) is 29.9 Å². The lowest BCUT2D eigenvalue weighted by Crippen LogP contribution is -2.22. The zero-order valence-corrected chi connectivity index (χ0v) is 13.9. The summed E-state index contributed by atoms with van der Waals surface area (Å²) in [5.74, 6) is 0.863. The molecule has 0 amide bonds. The zero-order valence-electron chi connectivity index (χ0n) is 11.5. The number of halogens is 1. The van der Waals surface area contributed by atoms with Gasteiger partial charge in [-0.2, -0.15) is 0 Å². The Labute approximate surface area is 132 Å². The van der Waals surface area contributed by atoms with Crippen LogP contribution in [0.1, 0.15) is 10.4 Å². The number of thiophene rings is 1. The molecule has 0 saturated carbocycles. The molecule has 2 rings (SSSR count). The van der Waals surface area contributed by atoms with E-state index >= 15 is 0 Å². The minimum absolute atomic E-state index is 0.863. The molecule has 0 bridgehead atoms. The second-order valence-corrected chi connectivity index (χ2v) is 6.39. The van der Waals surface area contributed by atoms with Crippen LogP contribution in [-0.4, -0.2) is 18.6 Å². The van der Waals surface area contributed by atoms with Crippen LogP contribution in [-0.2, 0) is 13.1 Å². The number of hydrogen-bond acceptors (Lipinski definition) is 3. The van der Waals surface area contributed by atoms with Crippen LogP contribution in [0.15, 0.2) is 52.8 Å². The minimum Gasteiger partial charge on any atom is -0.496 e. The number of methoxy groups -OCH3 is 1. The van der Waals surface area contributed by atoms with Crippen molar-refractivity contribution in [2.45, 2.75) is 13.1 Å². The molecular weight excluding hydrogens is 334 g/mol. The molecule has 2 nitrogen and oxygen atoms in total. The Balaban J connectivity index is 2.07. The van der Waals surface area contributed by atoms with Crippen LogP contribution in [0.2, 0.25) is 0 Å². The highest BCUT2D eigenvalue weighted by Crippen LogP contribution is 2.26. The first-order valence-electron chi connectivity index (χ1n) is 6.41. The number of benzene rings is 1. The Kier molecular flexibility index (Phi) is 5.83. The Hall–Kier alpha value is -1.10. The molecule has 20 heavy (non-hydrogen) atoms. The topological polar surface area (TPSA) is 12.5 Å². The smallest absolute Gasteiger partial charge is 0.133 e. The molecule has 0 N–H and O–H groups in total. The lowest BCUT2D eigenvalue weighted by Gasteiger charge is -2.20. The Morgan fingerprint density at radius 2 is 2.20 bits per heavy atom. The second kappa shape index (κ2) is 7.62. The van der Waals surface area contributed by atoms with Crippen molar-refractivity contribution < 1.29 is 4.74 Å². The van der Waals surface area contributed by atoms with E-state index in [0.29, 0.717) is 0 Å². The summed E-state index contributed by atoms with van der Waals surface area (Å²) in [5, 5.41) is 2.12. The van der Waals surface area contributed by atoms with Gasteiger partial charge in [-0.15, -0.1) is 17.9 Å². The van der Waals surface area contributed by atoms with Crippen LogP contribution >= 0.6 is 27.3 Å². The van der Waals surface area contributed by atoms with Gasteiger partial charge in [-0.25, -0.2) is 0 Å². The Bertz CT molecular complexity index is 554. The van der Waals surface area contributed by atoms with Gasteiger partial charge in [0.25, 0.3) is 0 Å². The van der Waals surface area contributed by atoms with E-state index in [9.17, 15) is 0 Å². The molecule has 0 aliphatic rings. The molecule has 2 aromatic rings. The molecule has 1 aromatic carbocycles. The average molecular weight is 352 g/mol. The first-order valence-corrected chi connectivity index (χ1v) is 8.08. The van der Waals surface area contributed by atoms with Crippen molar-refractivity contribution in [3.63, 3.8) is 0 Å². The maximum atomic E-state index is 5.26. The molecule has 0 atom stereocenters. The van der Waals surface area contributed by atoms with Crippen LogP contribution in [0.3, 0.4) is 0 Å². The summed E-state index contributed by atoms with van der Waals surface area (Å²) in [6.07, 6.45) is 1.95. The number of ether oxygens (including phenoxy) is 1. The number of nitrogens with zero attached hydrogens (tertiary/aromatic N) is 1. The molecule has 0 aliphatic heterocycles. The first-order chi connectivity index (χ1) is 9.72. The van der Waals surface area contributed by atoms with Crippen molar-refractivity contribution in [1.29, 1.82) is 0 Å². The Morgan fingerprint density at radius 3 is 2.80 bits per heavy atom. The van der Waals surface area contributed by atoms with E-state index < -0.39 is 0 Å². The molecule has 106 valence electrons. The van der Waals surface area contributed by atoms with Gasteiger partial charge in [0, 0.05) is 24.5 Å². The first kappa shape index (κ1) is 15.3. The highest BCUT2D eigenvalue weighted by atomic mass is 79.9. The van der Waals surface area contributed by atoms with Gasteiger partial charge in [-0.05, 0) is 45.1 Å². The minimum atomic E-state index is 0.863. The monoisotopic (exact) mass is 351 g/mol. The summed E-state index contributed by atoms with van der Waals surface area (Å²) in [4.78, 5) is 3.74. The summed E-state index contributed by atoms with van der Waals surface area (Å²) < 4.78 is 6.26. The fourth-order valence-corrected chi connectivity index (χ4v) is 3.39. The summed E-state index contributed by atoms with van der Waals surface area (Å²) in [7, 11) is 1.68. The van der Waals surface area contributed by atoms with Gasteiger partial charge in [0.05, 0.1) is 11.6 Å². The van der Waals surface area contributed by atoms with Gasteiger partial charge < -0.3 is 4.74 Å². The van der Waals surface area contributed by atoms with Gasteiger partial charge >= 0.3 is 0 Å². The maximum absolute atomic E-state index is 5.26. The summed E-state index contributed by atoms with van der Waals surface area (Å²) in [6, 6.07) is 10.5. The lowest BCUT2D eigenvalue weighted by molar-refractivity contribution is 0.288. The molecule has 0 saturated heterocycles. The predicted molar refractivity (Wildman–Crippen MR) is 89.3 cm³/mol. The summed E-state index contributed by atoms with van der Waals surface area (Å²) in [6.45, 7) is 6.57. The fourth-order valence-electron chi connectivity index (χ4n) is 2.06. The van der Waals surface area contributed by atoms with E-state index in [1.807, 2.05) is 12.1 Å². The standard InChI is InChI=1S/C16H18BrNOS/c1-3-8-18(12-14-5-4-9-20-14)11-13-6-7-16(19-2)15(17)10-13/h3-7,9-10H,1,8,11-12H2,2H3. The molecule has 0 aliphatic carbocycles. The fraction of sp³-hybridized carbons (Fsp3) is 0.250. The van der Waals surface area contributed by atoms with Gasteiger partial charge in [-0.3, -0.25) is 4.90 Å². The van der Waals surface area contributed by atoms with Gasteiger partial charge in [0.1, 0.15) is 5.75 Å².